The van der Waals surface area contributed by atoms with Gasteiger partial charge in [-0.1, -0.05) is 18.2 Å². The highest BCUT2D eigenvalue weighted by molar-refractivity contribution is 5.77. The van der Waals surface area contributed by atoms with Crippen LogP contribution in [0.25, 0.3) is 0 Å². The molecular formula is C24H31N3O2. The Balaban J connectivity index is 1.28. The van der Waals surface area contributed by atoms with Crippen molar-refractivity contribution in [1.82, 2.24) is 14.8 Å². The fourth-order valence-electron chi connectivity index (χ4n) is 4.67. The number of carbonyl (C=O) groups excluding carboxylic acids is 1. The van der Waals surface area contributed by atoms with Gasteiger partial charge in [0.2, 0.25) is 5.91 Å². The van der Waals surface area contributed by atoms with Gasteiger partial charge in [0, 0.05) is 25.7 Å². The summed E-state index contributed by atoms with van der Waals surface area (Å²) in [5.74, 6) is 1.69. The van der Waals surface area contributed by atoms with Gasteiger partial charge in [-0.05, 0) is 74.5 Å². The van der Waals surface area contributed by atoms with Gasteiger partial charge in [0.05, 0.1) is 18.8 Å². The van der Waals surface area contributed by atoms with Crippen molar-refractivity contribution in [2.75, 3.05) is 26.7 Å². The number of ether oxygens (including phenoxy) is 1. The summed E-state index contributed by atoms with van der Waals surface area (Å²) in [5, 5.41) is 0. The van der Waals surface area contributed by atoms with Crippen molar-refractivity contribution in [3.05, 3.63) is 59.9 Å². The number of benzene rings is 1. The van der Waals surface area contributed by atoms with Gasteiger partial charge in [0.25, 0.3) is 0 Å². The van der Waals surface area contributed by atoms with Crippen LogP contribution in [-0.2, 0) is 11.3 Å². The molecular weight excluding hydrogens is 362 g/mol. The zero-order valence-electron chi connectivity index (χ0n) is 17.3. The summed E-state index contributed by atoms with van der Waals surface area (Å²) in [5.41, 5.74) is 2.35. The molecule has 4 rings (SSSR count). The lowest BCUT2D eigenvalue weighted by Crippen LogP contribution is -2.37. The van der Waals surface area contributed by atoms with Crippen LogP contribution < -0.4 is 4.74 Å². The van der Waals surface area contributed by atoms with Crippen molar-refractivity contribution in [3.8, 4) is 5.75 Å². The molecule has 5 heteroatoms. The molecule has 1 aromatic carbocycles. The lowest BCUT2D eigenvalue weighted by molar-refractivity contribution is -0.133. The molecule has 2 aliphatic rings. The third-order valence-electron chi connectivity index (χ3n) is 6.36. The quantitative estimate of drug-likeness (QED) is 0.743. The fourth-order valence-corrected chi connectivity index (χ4v) is 4.67. The van der Waals surface area contributed by atoms with Gasteiger partial charge >= 0.3 is 0 Å². The van der Waals surface area contributed by atoms with E-state index in [9.17, 15) is 4.79 Å². The Kier molecular flexibility index (Phi) is 6.45. The molecule has 0 unspecified atom stereocenters. The van der Waals surface area contributed by atoms with Crippen LogP contribution in [0.15, 0.2) is 48.7 Å². The van der Waals surface area contributed by atoms with Crippen LogP contribution in [0.4, 0.5) is 0 Å². The van der Waals surface area contributed by atoms with E-state index < -0.39 is 0 Å². The number of rotatable bonds is 6. The van der Waals surface area contributed by atoms with Crippen LogP contribution in [0.3, 0.4) is 0 Å². The molecule has 0 radical (unpaired) electrons. The second-order valence-electron chi connectivity index (χ2n) is 8.26. The van der Waals surface area contributed by atoms with Crippen LogP contribution in [0.2, 0.25) is 0 Å². The Bertz CT molecular complexity index is 786. The van der Waals surface area contributed by atoms with E-state index in [1.165, 1.54) is 5.56 Å². The number of carbonyl (C=O) groups is 1. The van der Waals surface area contributed by atoms with Crippen LogP contribution in [-0.4, -0.2) is 47.4 Å². The van der Waals surface area contributed by atoms with Crippen molar-refractivity contribution < 1.29 is 9.53 Å². The van der Waals surface area contributed by atoms with Gasteiger partial charge in [-0.15, -0.1) is 0 Å². The molecule has 2 aromatic rings. The Morgan fingerprint density at radius 1 is 1.07 bits per heavy atom. The number of pyridine rings is 1. The fraction of sp³-hybridized carbons (Fsp3) is 0.500. The predicted molar refractivity (Wildman–Crippen MR) is 114 cm³/mol. The third kappa shape index (κ3) is 4.96. The molecule has 2 fully saturated rings. The average molecular weight is 394 g/mol. The first kappa shape index (κ1) is 19.9. The number of methoxy groups -OCH3 is 1. The SMILES string of the molecule is COc1ccc([C@H]2CCCN2C(=O)CC2CCN(Cc3ccccn3)CC2)cc1. The molecule has 0 aliphatic carbocycles. The van der Waals surface area contributed by atoms with Crippen molar-refractivity contribution in [2.45, 2.75) is 44.7 Å². The lowest BCUT2D eigenvalue weighted by Gasteiger charge is -2.33. The first-order chi connectivity index (χ1) is 14.2. The second kappa shape index (κ2) is 9.40. The number of likely N-dealkylation sites (tertiary alicyclic amines) is 2. The number of aromatic nitrogens is 1. The number of nitrogens with zero attached hydrogens (tertiary/aromatic N) is 3. The second-order valence-corrected chi connectivity index (χ2v) is 8.26. The normalized spacial score (nSPS) is 20.7. The Morgan fingerprint density at radius 2 is 1.86 bits per heavy atom. The van der Waals surface area contributed by atoms with E-state index in [1.54, 1.807) is 7.11 Å². The van der Waals surface area contributed by atoms with Gasteiger partial charge in [0.1, 0.15) is 5.75 Å². The molecule has 0 saturated carbocycles. The minimum absolute atomic E-state index is 0.220. The summed E-state index contributed by atoms with van der Waals surface area (Å²) < 4.78 is 5.26. The summed E-state index contributed by atoms with van der Waals surface area (Å²) in [6.07, 6.45) is 6.88. The Labute approximate surface area is 173 Å². The number of piperidine rings is 1. The minimum Gasteiger partial charge on any atom is -0.497 e. The number of amides is 1. The molecule has 3 heterocycles. The maximum atomic E-state index is 13.1. The highest BCUT2D eigenvalue weighted by atomic mass is 16.5. The van der Waals surface area contributed by atoms with E-state index in [1.807, 2.05) is 30.5 Å². The standard InChI is InChI=1S/C24H31N3O2/c1-29-22-9-7-20(8-10-22)23-6-4-14-27(23)24(28)17-19-11-15-26(16-12-19)18-21-5-2-3-13-25-21/h2-3,5,7-10,13,19,23H,4,6,11-12,14-18H2,1H3/t23-/m1/s1. The Morgan fingerprint density at radius 3 is 2.55 bits per heavy atom. The largest absolute Gasteiger partial charge is 0.497 e. The molecule has 2 aliphatic heterocycles. The molecule has 0 bridgehead atoms. The van der Waals surface area contributed by atoms with Gasteiger partial charge in [-0.25, -0.2) is 0 Å². The maximum Gasteiger partial charge on any atom is 0.223 e. The molecule has 0 spiro atoms. The highest BCUT2D eigenvalue weighted by Crippen LogP contribution is 2.34. The lowest BCUT2D eigenvalue weighted by atomic mass is 9.92. The van der Waals surface area contributed by atoms with E-state index >= 15 is 0 Å². The van der Waals surface area contributed by atoms with E-state index in [0.29, 0.717) is 18.2 Å². The molecule has 1 atom stereocenters. The summed E-state index contributed by atoms with van der Waals surface area (Å²) in [4.78, 5) is 22.1. The van der Waals surface area contributed by atoms with Crippen molar-refractivity contribution in [1.29, 1.82) is 0 Å². The topological polar surface area (TPSA) is 45.7 Å². The van der Waals surface area contributed by atoms with Crippen LogP contribution in [0.5, 0.6) is 5.75 Å². The molecule has 154 valence electrons. The van der Waals surface area contributed by atoms with Crippen molar-refractivity contribution >= 4 is 5.91 Å². The van der Waals surface area contributed by atoms with Crippen LogP contribution in [0.1, 0.15) is 49.4 Å². The van der Waals surface area contributed by atoms with Crippen LogP contribution in [0, 0.1) is 5.92 Å². The van der Waals surface area contributed by atoms with Gasteiger partial charge in [-0.2, -0.15) is 0 Å². The van der Waals surface area contributed by atoms with E-state index in [-0.39, 0.29) is 6.04 Å². The van der Waals surface area contributed by atoms with Crippen molar-refractivity contribution in [2.24, 2.45) is 5.92 Å². The molecule has 1 aromatic heterocycles. The zero-order chi connectivity index (χ0) is 20.1. The maximum absolute atomic E-state index is 13.1. The summed E-state index contributed by atoms with van der Waals surface area (Å²) in [6.45, 7) is 3.90. The average Bonchev–Trinajstić information content (AvgIpc) is 3.26. The zero-order valence-corrected chi connectivity index (χ0v) is 17.3. The predicted octanol–water partition coefficient (Wildman–Crippen LogP) is 4.06. The molecule has 2 saturated heterocycles. The van der Waals surface area contributed by atoms with Crippen LogP contribution >= 0.6 is 0 Å². The monoisotopic (exact) mass is 393 g/mol. The van der Waals surface area contributed by atoms with Crippen molar-refractivity contribution in [3.63, 3.8) is 0 Å². The van der Waals surface area contributed by atoms with Gasteiger partial charge in [-0.3, -0.25) is 14.7 Å². The first-order valence-corrected chi connectivity index (χ1v) is 10.8. The Hall–Kier alpha value is -2.40. The first-order valence-electron chi connectivity index (χ1n) is 10.8. The number of hydrogen-bond donors (Lipinski definition) is 0. The van der Waals surface area contributed by atoms with E-state index in [4.69, 9.17) is 4.74 Å². The molecule has 5 nitrogen and oxygen atoms in total. The minimum atomic E-state index is 0.220. The van der Waals surface area contributed by atoms with E-state index in [0.717, 1.165) is 63.3 Å². The smallest absolute Gasteiger partial charge is 0.223 e. The summed E-state index contributed by atoms with van der Waals surface area (Å²) in [7, 11) is 1.68. The van der Waals surface area contributed by atoms with Gasteiger partial charge in [0.15, 0.2) is 0 Å². The van der Waals surface area contributed by atoms with E-state index in [2.05, 4.69) is 33.0 Å². The summed E-state index contributed by atoms with van der Waals surface area (Å²) >= 11 is 0. The highest BCUT2D eigenvalue weighted by Gasteiger charge is 2.32. The molecule has 1 amide bonds. The van der Waals surface area contributed by atoms with Gasteiger partial charge < -0.3 is 9.64 Å². The molecule has 29 heavy (non-hydrogen) atoms. The third-order valence-corrected chi connectivity index (χ3v) is 6.36. The number of hydrogen-bond acceptors (Lipinski definition) is 4. The summed E-state index contributed by atoms with van der Waals surface area (Å²) in [6, 6.07) is 14.5. The molecule has 0 N–H and O–H groups in total.